The molecule has 0 radical (unpaired) electrons. The molecule has 2 rings (SSSR count). The molecule has 1 atom stereocenters. The molecule has 0 spiro atoms. The summed E-state index contributed by atoms with van der Waals surface area (Å²) in [4.78, 5) is 2.47. The average molecular weight is 241 g/mol. The van der Waals surface area contributed by atoms with Crippen molar-refractivity contribution in [1.82, 2.24) is 0 Å². The van der Waals surface area contributed by atoms with E-state index >= 15 is 0 Å². The molecule has 90 valence electrons. The first-order chi connectivity index (χ1) is 7.27. The second-order valence-electron chi connectivity index (χ2n) is 4.43. The van der Waals surface area contributed by atoms with Crippen molar-refractivity contribution >= 4 is 18.1 Å². The lowest BCUT2D eigenvalue weighted by atomic mass is 10.1. The van der Waals surface area contributed by atoms with Gasteiger partial charge in [0.05, 0.1) is 0 Å². The number of benzene rings is 1. The van der Waals surface area contributed by atoms with Gasteiger partial charge in [0, 0.05) is 24.8 Å². The van der Waals surface area contributed by atoms with Gasteiger partial charge in [0.15, 0.2) is 0 Å². The van der Waals surface area contributed by atoms with Gasteiger partial charge in [0.25, 0.3) is 0 Å². The lowest BCUT2D eigenvalue weighted by molar-refractivity contribution is 0.578. The van der Waals surface area contributed by atoms with Crippen molar-refractivity contribution in [3.63, 3.8) is 0 Å². The Morgan fingerprint density at radius 2 is 1.62 bits per heavy atom. The number of nitrogens with two attached hydrogens (primary N) is 1. The van der Waals surface area contributed by atoms with Crippen LogP contribution >= 0.6 is 12.4 Å². The van der Waals surface area contributed by atoms with Crippen molar-refractivity contribution in [1.29, 1.82) is 0 Å². The monoisotopic (exact) mass is 240 g/mol. The van der Waals surface area contributed by atoms with Crippen molar-refractivity contribution in [2.45, 2.75) is 32.2 Å². The van der Waals surface area contributed by atoms with Crippen LogP contribution in [0.4, 0.5) is 5.69 Å². The Labute approximate surface area is 104 Å². The number of anilines is 1. The maximum atomic E-state index is 5.83. The summed E-state index contributed by atoms with van der Waals surface area (Å²) in [6.07, 6.45) is 4.04. The predicted molar refractivity (Wildman–Crippen MR) is 72.4 cm³/mol. The van der Waals surface area contributed by atoms with Gasteiger partial charge in [0.2, 0.25) is 0 Å². The van der Waals surface area contributed by atoms with Gasteiger partial charge < -0.3 is 10.6 Å². The van der Waals surface area contributed by atoms with Crippen molar-refractivity contribution in [3.8, 4) is 0 Å². The lowest BCUT2D eigenvalue weighted by Gasteiger charge is -2.29. The standard InChI is InChI=1S/C13H20N2.ClH/c1-11(14)12-5-7-13(8-6-12)15-9-3-2-4-10-15;/h5-8,11H,2-4,9-10,14H2,1H3;1H/t11-;/m0./s1. The molecule has 1 aromatic rings. The van der Waals surface area contributed by atoms with Crippen LogP contribution in [0.15, 0.2) is 24.3 Å². The molecule has 2 nitrogen and oxygen atoms in total. The van der Waals surface area contributed by atoms with Gasteiger partial charge in [-0.3, -0.25) is 0 Å². The third-order valence-electron chi connectivity index (χ3n) is 3.14. The number of hydrogen-bond donors (Lipinski definition) is 1. The molecule has 2 N–H and O–H groups in total. The summed E-state index contributed by atoms with van der Waals surface area (Å²) in [6, 6.07) is 8.83. The summed E-state index contributed by atoms with van der Waals surface area (Å²) in [6.45, 7) is 4.44. The molecule has 0 aromatic heterocycles. The first kappa shape index (κ1) is 13.3. The highest BCUT2D eigenvalue weighted by atomic mass is 35.5. The highest BCUT2D eigenvalue weighted by Crippen LogP contribution is 2.21. The third-order valence-corrected chi connectivity index (χ3v) is 3.14. The zero-order chi connectivity index (χ0) is 10.7. The molecule has 3 heteroatoms. The van der Waals surface area contributed by atoms with E-state index in [9.17, 15) is 0 Å². The molecule has 0 saturated carbocycles. The van der Waals surface area contributed by atoms with Gasteiger partial charge in [-0.15, -0.1) is 12.4 Å². The van der Waals surface area contributed by atoms with E-state index in [-0.39, 0.29) is 18.4 Å². The van der Waals surface area contributed by atoms with Gasteiger partial charge in [-0.1, -0.05) is 12.1 Å². The number of rotatable bonds is 2. The Hall–Kier alpha value is -0.730. The average Bonchev–Trinajstić information content (AvgIpc) is 2.30. The van der Waals surface area contributed by atoms with E-state index in [0.717, 1.165) is 0 Å². The van der Waals surface area contributed by atoms with E-state index < -0.39 is 0 Å². The minimum atomic E-state index is 0. The van der Waals surface area contributed by atoms with E-state index in [0.29, 0.717) is 0 Å². The van der Waals surface area contributed by atoms with Crippen LogP contribution in [0.25, 0.3) is 0 Å². The maximum absolute atomic E-state index is 5.83. The molecule has 1 heterocycles. The first-order valence-corrected chi connectivity index (χ1v) is 5.88. The molecular formula is C13H21ClN2. The predicted octanol–water partition coefficient (Wildman–Crippen LogP) is 3.12. The van der Waals surface area contributed by atoms with Gasteiger partial charge in [-0.2, -0.15) is 0 Å². The highest BCUT2D eigenvalue weighted by molar-refractivity contribution is 5.85. The normalized spacial score (nSPS) is 17.8. The van der Waals surface area contributed by atoms with E-state index in [1.807, 2.05) is 6.92 Å². The van der Waals surface area contributed by atoms with Crippen LogP contribution in [0.5, 0.6) is 0 Å². The summed E-state index contributed by atoms with van der Waals surface area (Å²) < 4.78 is 0. The van der Waals surface area contributed by atoms with E-state index in [4.69, 9.17) is 5.73 Å². The minimum absolute atomic E-state index is 0. The fraction of sp³-hybridized carbons (Fsp3) is 0.538. The van der Waals surface area contributed by atoms with Crippen LogP contribution < -0.4 is 10.6 Å². The molecule has 1 aliphatic heterocycles. The number of nitrogens with zero attached hydrogens (tertiary/aromatic N) is 1. The Bertz CT molecular complexity index is 302. The maximum Gasteiger partial charge on any atom is 0.0366 e. The molecule has 1 aliphatic rings. The Kier molecular flexibility index (Phi) is 5.10. The zero-order valence-corrected chi connectivity index (χ0v) is 10.7. The summed E-state index contributed by atoms with van der Waals surface area (Å²) in [5.74, 6) is 0. The largest absolute Gasteiger partial charge is 0.372 e. The van der Waals surface area contributed by atoms with Crippen molar-refractivity contribution in [2.24, 2.45) is 5.73 Å². The van der Waals surface area contributed by atoms with Crippen LogP contribution in [0.2, 0.25) is 0 Å². The topological polar surface area (TPSA) is 29.3 Å². The molecule has 0 amide bonds. The fourth-order valence-electron chi connectivity index (χ4n) is 2.14. The van der Waals surface area contributed by atoms with Crippen LogP contribution in [-0.2, 0) is 0 Å². The molecule has 1 fully saturated rings. The summed E-state index contributed by atoms with van der Waals surface area (Å²) in [5, 5.41) is 0. The van der Waals surface area contributed by atoms with Gasteiger partial charge in [-0.25, -0.2) is 0 Å². The van der Waals surface area contributed by atoms with Gasteiger partial charge in [-0.05, 0) is 43.9 Å². The second kappa shape index (κ2) is 6.12. The number of halogens is 1. The van der Waals surface area contributed by atoms with Crippen molar-refractivity contribution < 1.29 is 0 Å². The third kappa shape index (κ3) is 3.13. The molecular weight excluding hydrogens is 220 g/mol. The molecule has 1 aromatic carbocycles. The van der Waals surface area contributed by atoms with Crippen LogP contribution in [-0.4, -0.2) is 13.1 Å². The molecule has 0 unspecified atom stereocenters. The second-order valence-corrected chi connectivity index (χ2v) is 4.43. The first-order valence-electron chi connectivity index (χ1n) is 5.88. The lowest BCUT2D eigenvalue weighted by Crippen LogP contribution is -2.29. The van der Waals surface area contributed by atoms with Crippen LogP contribution in [0, 0.1) is 0 Å². The van der Waals surface area contributed by atoms with Gasteiger partial charge in [0.1, 0.15) is 0 Å². The van der Waals surface area contributed by atoms with E-state index in [2.05, 4.69) is 29.2 Å². The SMILES string of the molecule is C[C@H](N)c1ccc(N2CCCCC2)cc1.Cl. The highest BCUT2D eigenvalue weighted by Gasteiger charge is 2.10. The molecule has 0 aliphatic carbocycles. The molecule has 0 bridgehead atoms. The van der Waals surface area contributed by atoms with E-state index in [1.165, 1.54) is 43.6 Å². The smallest absolute Gasteiger partial charge is 0.0366 e. The fourth-order valence-corrected chi connectivity index (χ4v) is 2.14. The minimum Gasteiger partial charge on any atom is -0.372 e. The van der Waals surface area contributed by atoms with E-state index in [1.54, 1.807) is 0 Å². The quantitative estimate of drug-likeness (QED) is 0.861. The van der Waals surface area contributed by atoms with Crippen LogP contribution in [0.1, 0.15) is 37.8 Å². The number of hydrogen-bond acceptors (Lipinski definition) is 2. The number of piperidine rings is 1. The van der Waals surface area contributed by atoms with Gasteiger partial charge >= 0.3 is 0 Å². The van der Waals surface area contributed by atoms with Crippen molar-refractivity contribution in [3.05, 3.63) is 29.8 Å². The Balaban J connectivity index is 0.00000128. The molecule has 1 saturated heterocycles. The summed E-state index contributed by atoms with van der Waals surface area (Å²) >= 11 is 0. The van der Waals surface area contributed by atoms with Crippen LogP contribution in [0.3, 0.4) is 0 Å². The van der Waals surface area contributed by atoms with Crippen molar-refractivity contribution in [2.75, 3.05) is 18.0 Å². The summed E-state index contributed by atoms with van der Waals surface area (Å²) in [5.41, 5.74) is 8.39. The summed E-state index contributed by atoms with van der Waals surface area (Å²) in [7, 11) is 0. The Morgan fingerprint density at radius 3 is 2.12 bits per heavy atom. The molecule has 16 heavy (non-hydrogen) atoms. The Morgan fingerprint density at radius 1 is 1.06 bits per heavy atom. The zero-order valence-electron chi connectivity index (χ0n) is 9.86.